The van der Waals surface area contributed by atoms with Gasteiger partial charge in [0, 0.05) is 49.6 Å². The fourth-order valence-electron chi connectivity index (χ4n) is 3.99. The molecule has 0 saturated carbocycles. The Morgan fingerprint density at radius 2 is 1.86 bits per heavy atom. The first-order valence-corrected chi connectivity index (χ1v) is 10.1. The van der Waals surface area contributed by atoms with Crippen LogP contribution in [0.1, 0.15) is 29.1 Å². The van der Waals surface area contributed by atoms with Crippen LogP contribution in [0.15, 0.2) is 73.1 Å². The number of aromatic nitrogens is 2. The highest BCUT2D eigenvalue weighted by molar-refractivity contribution is 5.23. The first-order chi connectivity index (χ1) is 14.1. The van der Waals surface area contributed by atoms with Crippen molar-refractivity contribution in [1.29, 1.82) is 0 Å². The fraction of sp³-hybridized carbons (Fsp3) is 0.292. The molecule has 1 unspecified atom stereocenters. The van der Waals surface area contributed by atoms with Gasteiger partial charge in [0.2, 0.25) is 0 Å². The summed E-state index contributed by atoms with van der Waals surface area (Å²) in [5, 5.41) is 0. The summed E-state index contributed by atoms with van der Waals surface area (Å²) in [4.78, 5) is 6.89. The molecular formula is C24H27FN4. The van der Waals surface area contributed by atoms with E-state index in [2.05, 4.69) is 45.3 Å². The molecule has 1 aliphatic rings. The molecule has 4 rings (SSSR count). The van der Waals surface area contributed by atoms with E-state index in [4.69, 9.17) is 5.73 Å². The van der Waals surface area contributed by atoms with Crippen molar-refractivity contribution in [1.82, 2.24) is 14.5 Å². The largest absolute Gasteiger partial charge is 0.366 e. The molecule has 5 heteroatoms. The molecule has 3 aromatic rings. The number of hydrogen-bond acceptors (Lipinski definition) is 3. The molecule has 0 fully saturated rings. The monoisotopic (exact) mass is 390 g/mol. The number of halogens is 1. The Hall–Kier alpha value is -2.92. The van der Waals surface area contributed by atoms with Crippen LogP contribution in [-0.4, -0.2) is 27.0 Å². The first kappa shape index (κ1) is 19.4. The van der Waals surface area contributed by atoms with Crippen molar-refractivity contribution < 1.29 is 4.39 Å². The molecule has 1 atom stereocenters. The van der Waals surface area contributed by atoms with E-state index >= 15 is 0 Å². The lowest BCUT2D eigenvalue weighted by Crippen LogP contribution is -2.36. The number of hydrogen-bond donors (Lipinski definition) is 1. The summed E-state index contributed by atoms with van der Waals surface area (Å²) < 4.78 is 16.2. The third kappa shape index (κ3) is 4.57. The first-order valence-electron chi connectivity index (χ1n) is 10.1. The smallest absolute Gasteiger partial charge is 0.128 e. The van der Waals surface area contributed by atoms with Crippen molar-refractivity contribution in [2.45, 2.75) is 38.4 Å². The van der Waals surface area contributed by atoms with Gasteiger partial charge in [-0.1, -0.05) is 55.1 Å². The molecular weight excluding hydrogens is 363 g/mol. The maximum atomic E-state index is 13.9. The van der Waals surface area contributed by atoms with E-state index in [-0.39, 0.29) is 11.9 Å². The molecule has 2 aromatic carbocycles. The maximum absolute atomic E-state index is 13.9. The predicted octanol–water partition coefficient (Wildman–Crippen LogP) is 3.90. The fourth-order valence-corrected chi connectivity index (χ4v) is 3.99. The molecule has 2 N–H and O–H groups in total. The minimum atomic E-state index is -0.195. The number of rotatable bonds is 7. The molecule has 0 radical (unpaired) electrons. The quantitative estimate of drug-likeness (QED) is 0.666. The van der Waals surface area contributed by atoms with Gasteiger partial charge in [0.25, 0.3) is 0 Å². The number of nitrogens with zero attached hydrogens (tertiary/aromatic N) is 3. The zero-order chi connectivity index (χ0) is 20.2. The highest BCUT2D eigenvalue weighted by Gasteiger charge is 2.22. The van der Waals surface area contributed by atoms with Gasteiger partial charge in [-0.2, -0.15) is 0 Å². The Bertz CT molecular complexity index is 980. The molecule has 1 aliphatic heterocycles. The summed E-state index contributed by atoms with van der Waals surface area (Å²) in [6, 6.07) is 17.1. The Morgan fingerprint density at radius 3 is 2.66 bits per heavy atom. The van der Waals surface area contributed by atoms with Crippen LogP contribution in [-0.2, 0) is 25.9 Å². The average Bonchev–Trinajstić information content (AvgIpc) is 3.12. The van der Waals surface area contributed by atoms with Gasteiger partial charge >= 0.3 is 0 Å². The highest BCUT2D eigenvalue weighted by Crippen LogP contribution is 2.22. The van der Waals surface area contributed by atoms with Gasteiger partial charge < -0.3 is 15.2 Å². The second kappa shape index (κ2) is 8.62. The van der Waals surface area contributed by atoms with Gasteiger partial charge in [-0.3, -0.25) is 0 Å². The van der Waals surface area contributed by atoms with E-state index in [0.29, 0.717) is 18.4 Å². The number of imidazole rings is 1. The van der Waals surface area contributed by atoms with Gasteiger partial charge in [-0.25, -0.2) is 9.37 Å². The summed E-state index contributed by atoms with van der Waals surface area (Å²) in [5.41, 5.74) is 10.5. The second-order valence-electron chi connectivity index (χ2n) is 7.73. The molecule has 0 saturated heterocycles. The predicted molar refractivity (Wildman–Crippen MR) is 114 cm³/mol. The summed E-state index contributed by atoms with van der Waals surface area (Å²) in [6.45, 7) is 6.75. The SMILES string of the molecule is C=C(CC(N)Cc1ccccc1F)N1CCn2c(Cc3ccccc3)cnc2C1. The molecule has 0 amide bonds. The van der Waals surface area contributed by atoms with Crippen LogP contribution in [0.25, 0.3) is 0 Å². The lowest BCUT2D eigenvalue weighted by molar-refractivity contribution is 0.260. The van der Waals surface area contributed by atoms with Gasteiger partial charge in [0.05, 0.1) is 6.54 Å². The van der Waals surface area contributed by atoms with Gasteiger partial charge in [0.1, 0.15) is 11.6 Å². The van der Waals surface area contributed by atoms with Crippen LogP contribution in [0.5, 0.6) is 0 Å². The molecule has 150 valence electrons. The van der Waals surface area contributed by atoms with Crippen molar-refractivity contribution in [3.8, 4) is 0 Å². The van der Waals surface area contributed by atoms with Crippen LogP contribution in [0, 0.1) is 5.82 Å². The Kier molecular flexibility index (Phi) is 5.76. The van der Waals surface area contributed by atoms with Crippen LogP contribution in [0.3, 0.4) is 0 Å². The van der Waals surface area contributed by atoms with Gasteiger partial charge in [-0.05, 0) is 23.6 Å². The highest BCUT2D eigenvalue weighted by atomic mass is 19.1. The van der Waals surface area contributed by atoms with E-state index in [0.717, 1.165) is 37.6 Å². The molecule has 1 aromatic heterocycles. The topological polar surface area (TPSA) is 47.1 Å². The van der Waals surface area contributed by atoms with Crippen molar-refractivity contribution in [2.24, 2.45) is 5.73 Å². The zero-order valence-electron chi connectivity index (χ0n) is 16.6. The van der Waals surface area contributed by atoms with E-state index in [1.807, 2.05) is 18.3 Å². The minimum absolute atomic E-state index is 0.158. The molecule has 0 bridgehead atoms. The average molecular weight is 391 g/mol. The normalized spacial score (nSPS) is 14.5. The Labute approximate surface area is 171 Å². The minimum Gasteiger partial charge on any atom is -0.366 e. The zero-order valence-corrected chi connectivity index (χ0v) is 16.6. The van der Waals surface area contributed by atoms with Crippen molar-refractivity contribution in [2.75, 3.05) is 6.54 Å². The van der Waals surface area contributed by atoms with E-state index in [9.17, 15) is 4.39 Å². The number of fused-ring (bicyclic) bond motifs is 1. The van der Waals surface area contributed by atoms with Crippen molar-refractivity contribution >= 4 is 0 Å². The summed E-state index contributed by atoms with van der Waals surface area (Å²) in [7, 11) is 0. The molecule has 29 heavy (non-hydrogen) atoms. The number of nitrogens with two attached hydrogens (primary N) is 1. The van der Waals surface area contributed by atoms with Crippen LogP contribution < -0.4 is 5.73 Å². The van der Waals surface area contributed by atoms with E-state index in [1.165, 1.54) is 17.3 Å². The lowest BCUT2D eigenvalue weighted by Gasteiger charge is -2.33. The number of benzene rings is 2. The summed E-state index contributed by atoms with van der Waals surface area (Å²) >= 11 is 0. The molecule has 4 nitrogen and oxygen atoms in total. The van der Waals surface area contributed by atoms with Crippen molar-refractivity contribution in [3.05, 3.63) is 102 Å². The maximum Gasteiger partial charge on any atom is 0.128 e. The standard InChI is InChI=1S/C24H27FN4/c1-18(13-21(26)15-20-9-5-6-10-23(20)25)28-11-12-29-22(16-27-24(29)17-28)14-19-7-3-2-4-8-19/h2-10,16,21H,1,11-15,17,26H2. The summed E-state index contributed by atoms with van der Waals surface area (Å²) in [6.07, 6.45) is 4.03. The molecule has 0 aliphatic carbocycles. The lowest BCUT2D eigenvalue weighted by atomic mass is 10.0. The summed E-state index contributed by atoms with van der Waals surface area (Å²) in [5.74, 6) is 0.866. The van der Waals surface area contributed by atoms with Crippen molar-refractivity contribution in [3.63, 3.8) is 0 Å². The molecule has 2 heterocycles. The van der Waals surface area contributed by atoms with E-state index in [1.54, 1.807) is 12.1 Å². The van der Waals surface area contributed by atoms with Gasteiger partial charge in [-0.15, -0.1) is 0 Å². The second-order valence-corrected chi connectivity index (χ2v) is 7.73. The molecule has 0 spiro atoms. The Balaban J connectivity index is 1.36. The third-order valence-electron chi connectivity index (χ3n) is 5.56. The van der Waals surface area contributed by atoms with Crippen LogP contribution in [0.4, 0.5) is 4.39 Å². The van der Waals surface area contributed by atoms with Crippen LogP contribution in [0.2, 0.25) is 0 Å². The Morgan fingerprint density at radius 1 is 1.10 bits per heavy atom. The van der Waals surface area contributed by atoms with Gasteiger partial charge in [0.15, 0.2) is 0 Å². The van der Waals surface area contributed by atoms with Crippen LogP contribution >= 0.6 is 0 Å². The van der Waals surface area contributed by atoms with E-state index < -0.39 is 0 Å². The third-order valence-corrected chi connectivity index (χ3v) is 5.56.